The lowest BCUT2D eigenvalue weighted by atomic mass is 10.2. The van der Waals surface area contributed by atoms with Gasteiger partial charge in [-0.15, -0.1) is 0 Å². The normalized spacial score (nSPS) is 20.9. The van der Waals surface area contributed by atoms with E-state index in [0.29, 0.717) is 0 Å². The monoisotopic (exact) mass is 387 g/mol. The predicted molar refractivity (Wildman–Crippen MR) is 93.6 cm³/mol. The minimum atomic E-state index is -3.47. The first kappa shape index (κ1) is 20.5. The quantitative estimate of drug-likeness (QED) is 0.411. The largest absolute Gasteiger partial charge is 0.350 e. The fourth-order valence-electron chi connectivity index (χ4n) is 2.63. The molecule has 1 aliphatic rings. The van der Waals surface area contributed by atoms with E-state index in [1.54, 1.807) is 20.9 Å². The predicted octanol–water partition coefficient (Wildman–Crippen LogP) is 2.76. The fourth-order valence-corrected chi connectivity index (χ4v) is 4.67. The van der Waals surface area contributed by atoms with Crippen LogP contribution in [0.25, 0.3) is 0 Å². The highest BCUT2D eigenvalue weighted by Gasteiger charge is 2.48. The van der Waals surface area contributed by atoms with Gasteiger partial charge in [-0.25, -0.2) is 0 Å². The molecule has 0 spiro atoms. The van der Waals surface area contributed by atoms with E-state index >= 15 is 0 Å². The van der Waals surface area contributed by atoms with Crippen molar-refractivity contribution in [2.45, 2.75) is 32.2 Å². The van der Waals surface area contributed by atoms with Crippen molar-refractivity contribution < 1.29 is 28.2 Å². The first-order chi connectivity index (χ1) is 12.3. The standard InChI is InChI=1S/C15H22N3O7P/c1-4-23-26(22,24-5-2)14-10-13(25-17(14)3)15(19)16-11-7-6-8-12(9-11)18(20)21/h6-9,13-14H,4-5,10H2,1-3H3,(H,16,19)/t13-,14-/m1/s1. The maximum Gasteiger partial charge on any atom is 0.350 e. The van der Waals surface area contributed by atoms with Crippen LogP contribution in [-0.2, 0) is 23.2 Å². The zero-order valence-corrected chi connectivity index (χ0v) is 15.7. The molecule has 1 aromatic rings. The van der Waals surface area contributed by atoms with Gasteiger partial charge in [0, 0.05) is 31.3 Å². The van der Waals surface area contributed by atoms with Gasteiger partial charge < -0.3 is 14.4 Å². The molecule has 26 heavy (non-hydrogen) atoms. The minimum Gasteiger partial charge on any atom is -0.324 e. The van der Waals surface area contributed by atoms with Crippen molar-refractivity contribution in [1.29, 1.82) is 0 Å². The van der Waals surface area contributed by atoms with Crippen molar-refractivity contribution in [3.63, 3.8) is 0 Å². The van der Waals surface area contributed by atoms with Crippen LogP contribution in [0.5, 0.6) is 0 Å². The number of nitro benzene ring substituents is 1. The lowest BCUT2D eigenvalue weighted by molar-refractivity contribution is -0.384. The Morgan fingerprint density at radius 2 is 2.08 bits per heavy atom. The van der Waals surface area contributed by atoms with Crippen LogP contribution in [0.3, 0.4) is 0 Å². The van der Waals surface area contributed by atoms with Crippen molar-refractivity contribution in [2.75, 3.05) is 25.6 Å². The van der Waals surface area contributed by atoms with E-state index in [2.05, 4.69) is 5.32 Å². The highest BCUT2D eigenvalue weighted by Crippen LogP contribution is 2.57. The maximum absolute atomic E-state index is 12.9. The van der Waals surface area contributed by atoms with Gasteiger partial charge in [-0.1, -0.05) is 6.07 Å². The molecular weight excluding hydrogens is 365 g/mol. The van der Waals surface area contributed by atoms with Gasteiger partial charge in [-0.2, -0.15) is 5.06 Å². The van der Waals surface area contributed by atoms with Crippen molar-refractivity contribution >= 4 is 24.9 Å². The Balaban J connectivity index is 2.08. The molecule has 1 saturated heterocycles. The summed E-state index contributed by atoms with van der Waals surface area (Å²) in [6.07, 6.45) is -0.812. The molecule has 2 atom stereocenters. The number of non-ortho nitro benzene ring substituents is 1. The molecule has 0 aromatic heterocycles. The Bertz CT molecular complexity index is 704. The molecule has 0 saturated carbocycles. The third-order valence-corrected chi connectivity index (χ3v) is 6.24. The molecule has 1 aromatic carbocycles. The number of nitrogens with zero attached hydrogens (tertiary/aromatic N) is 2. The van der Waals surface area contributed by atoms with Crippen LogP contribution < -0.4 is 5.32 Å². The second-order valence-electron chi connectivity index (χ2n) is 5.53. The summed E-state index contributed by atoms with van der Waals surface area (Å²) in [4.78, 5) is 28.2. The van der Waals surface area contributed by atoms with Gasteiger partial charge in [-0.05, 0) is 19.9 Å². The van der Waals surface area contributed by atoms with Crippen molar-refractivity contribution in [1.82, 2.24) is 5.06 Å². The molecule has 1 fully saturated rings. The molecule has 144 valence electrons. The maximum atomic E-state index is 12.9. The highest BCUT2D eigenvalue weighted by atomic mass is 31.2. The van der Waals surface area contributed by atoms with Gasteiger partial charge in [0.25, 0.3) is 11.6 Å². The van der Waals surface area contributed by atoms with Gasteiger partial charge >= 0.3 is 7.60 Å². The average molecular weight is 387 g/mol. The van der Waals surface area contributed by atoms with Crippen LogP contribution in [-0.4, -0.2) is 48.0 Å². The van der Waals surface area contributed by atoms with Gasteiger partial charge in [0.2, 0.25) is 0 Å². The summed E-state index contributed by atoms with van der Waals surface area (Å²) in [5, 5.41) is 14.7. The summed E-state index contributed by atoms with van der Waals surface area (Å²) < 4.78 is 23.5. The first-order valence-electron chi connectivity index (χ1n) is 8.14. The van der Waals surface area contributed by atoms with E-state index in [0.717, 1.165) is 0 Å². The molecule has 1 N–H and O–H groups in total. The van der Waals surface area contributed by atoms with E-state index in [1.807, 2.05) is 0 Å². The molecular formula is C15H22N3O7P. The van der Waals surface area contributed by atoms with Crippen LogP contribution in [0.4, 0.5) is 11.4 Å². The number of anilines is 1. The third-order valence-electron chi connectivity index (χ3n) is 3.74. The number of carbonyl (C=O) groups excluding carboxylic acids is 1. The van der Waals surface area contributed by atoms with Crippen LogP contribution >= 0.6 is 7.60 Å². The fraction of sp³-hybridized carbons (Fsp3) is 0.533. The minimum absolute atomic E-state index is 0.106. The average Bonchev–Trinajstić information content (AvgIpc) is 2.98. The summed E-state index contributed by atoms with van der Waals surface area (Å²) in [5.74, 6) is -1.22. The summed E-state index contributed by atoms with van der Waals surface area (Å²) in [5.41, 5.74) is 0.138. The van der Waals surface area contributed by atoms with E-state index in [9.17, 15) is 19.5 Å². The number of nitrogens with one attached hydrogen (secondary N) is 1. The number of hydroxylamine groups is 2. The Labute approximate surface area is 151 Å². The third kappa shape index (κ3) is 4.66. The SMILES string of the molecule is CCOP(=O)(OCC)[C@@H]1C[C@H](C(=O)Nc2cccc([N+](=O)[O-])c2)ON1C. The highest BCUT2D eigenvalue weighted by molar-refractivity contribution is 7.54. The van der Waals surface area contributed by atoms with E-state index in [1.165, 1.54) is 29.3 Å². The van der Waals surface area contributed by atoms with Crippen LogP contribution in [0.2, 0.25) is 0 Å². The molecule has 11 heteroatoms. The molecule has 1 aliphatic heterocycles. The Morgan fingerprint density at radius 1 is 1.42 bits per heavy atom. The molecule has 2 rings (SSSR count). The summed E-state index contributed by atoms with van der Waals surface area (Å²) in [7, 11) is -1.92. The lowest BCUT2D eigenvalue weighted by Crippen LogP contribution is -2.28. The Hall–Kier alpha value is -1.84. The zero-order chi connectivity index (χ0) is 19.3. The van der Waals surface area contributed by atoms with Crippen molar-refractivity contribution in [2.24, 2.45) is 0 Å². The van der Waals surface area contributed by atoms with E-state index in [-0.39, 0.29) is 31.0 Å². The van der Waals surface area contributed by atoms with Gasteiger partial charge in [0.05, 0.1) is 18.1 Å². The number of hydrogen-bond acceptors (Lipinski definition) is 8. The number of nitro groups is 1. The second kappa shape index (κ2) is 8.70. The zero-order valence-electron chi connectivity index (χ0n) is 14.8. The molecule has 0 bridgehead atoms. The number of hydrogen-bond donors (Lipinski definition) is 1. The second-order valence-corrected chi connectivity index (χ2v) is 7.72. The number of rotatable bonds is 8. The summed E-state index contributed by atoms with van der Waals surface area (Å²) >= 11 is 0. The number of benzene rings is 1. The van der Waals surface area contributed by atoms with Gasteiger partial charge in [0.15, 0.2) is 6.10 Å². The van der Waals surface area contributed by atoms with Crippen LogP contribution in [0, 0.1) is 10.1 Å². The molecule has 1 amide bonds. The number of carbonyl (C=O) groups is 1. The van der Waals surface area contributed by atoms with Gasteiger partial charge in [0.1, 0.15) is 5.78 Å². The molecule has 10 nitrogen and oxygen atoms in total. The molecule has 0 unspecified atom stereocenters. The first-order valence-corrected chi connectivity index (χ1v) is 9.75. The van der Waals surface area contributed by atoms with E-state index in [4.69, 9.17) is 13.9 Å². The summed E-state index contributed by atoms with van der Waals surface area (Å²) in [6.45, 7) is 3.81. The summed E-state index contributed by atoms with van der Waals surface area (Å²) in [6, 6.07) is 5.58. The molecule has 0 radical (unpaired) electrons. The Kier molecular flexibility index (Phi) is 6.85. The Morgan fingerprint density at radius 3 is 2.65 bits per heavy atom. The topological polar surface area (TPSA) is 120 Å². The van der Waals surface area contributed by atoms with Crippen molar-refractivity contribution in [3.8, 4) is 0 Å². The lowest BCUT2D eigenvalue weighted by Gasteiger charge is -2.25. The van der Waals surface area contributed by atoms with Crippen LogP contribution in [0.1, 0.15) is 20.3 Å². The number of amides is 1. The molecule has 1 heterocycles. The van der Waals surface area contributed by atoms with Gasteiger partial charge in [-0.3, -0.25) is 24.3 Å². The molecule has 0 aliphatic carbocycles. The van der Waals surface area contributed by atoms with Crippen LogP contribution in [0.15, 0.2) is 24.3 Å². The van der Waals surface area contributed by atoms with Crippen molar-refractivity contribution in [3.05, 3.63) is 34.4 Å². The van der Waals surface area contributed by atoms with E-state index < -0.39 is 30.3 Å². The smallest absolute Gasteiger partial charge is 0.324 e.